The van der Waals surface area contributed by atoms with Crippen LogP contribution in [0.2, 0.25) is 0 Å². The summed E-state index contributed by atoms with van der Waals surface area (Å²) < 4.78 is 47.8. The lowest BCUT2D eigenvalue weighted by molar-refractivity contribution is -0.137. The van der Waals surface area contributed by atoms with Gasteiger partial charge in [0.05, 0.1) is 25.5 Å². The second kappa shape index (κ2) is 6.60. The first-order chi connectivity index (χ1) is 10.4. The number of alkyl halides is 3. The highest BCUT2D eigenvalue weighted by atomic mass is 19.4. The number of nitrogens with one attached hydrogen (secondary N) is 1. The number of anilines is 1. The second-order valence-electron chi connectivity index (χ2n) is 4.61. The van der Waals surface area contributed by atoms with Crippen LogP contribution < -0.4 is 14.8 Å². The molecule has 0 saturated heterocycles. The van der Waals surface area contributed by atoms with Crippen molar-refractivity contribution >= 4 is 5.69 Å². The molecule has 1 N–H and O–H groups in total. The lowest BCUT2D eigenvalue weighted by atomic mass is 10.1. The average Bonchev–Trinajstić information content (AvgIpc) is 2.52. The summed E-state index contributed by atoms with van der Waals surface area (Å²) in [6, 6.07) is 10.3. The standard InChI is InChI=1S/C16H16F3NO2/c1-21-13-7-8-14(15(9-13)22-2)20-10-11-3-5-12(6-4-11)16(17,18)19/h3-9,20H,10H2,1-2H3. The molecule has 0 bridgehead atoms. The number of hydrogen-bond donors (Lipinski definition) is 1. The first kappa shape index (κ1) is 16.0. The summed E-state index contributed by atoms with van der Waals surface area (Å²) >= 11 is 0. The highest BCUT2D eigenvalue weighted by Crippen LogP contribution is 2.31. The van der Waals surface area contributed by atoms with E-state index < -0.39 is 11.7 Å². The van der Waals surface area contributed by atoms with Crippen LogP contribution in [0.5, 0.6) is 11.5 Å². The van der Waals surface area contributed by atoms with Crippen molar-refractivity contribution in [1.29, 1.82) is 0 Å². The Labute approximate surface area is 126 Å². The smallest absolute Gasteiger partial charge is 0.416 e. The minimum atomic E-state index is -4.31. The lowest BCUT2D eigenvalue weighted by Crippen LogP contribution is -2.06. The zero-order valence-corrected chi connectivity index (χ0v) is 12.2. The normalized spacial score (nSPS) is 11.1. The minimum absolute atomic E-state index is 0.390. The molecule has 0 radical (unpaired) electrons. The molecule has 0 amide bonds. The van der Waals surface area contributed by atoms with Crippen molar-refractivity contribution in [1.82, 2.24) is 0 Å². The van der Waals surface area contributed by atoms with Gasteiger partial charge in [0.25, 0.3) is 0 Å². The molecule has 0 fully saturated rings. The molecular weight excluding hydrogens is 295 g/mol. The third-order valence-corrected chi connectivity index (χ3v) is 3.17. The van der Waals surface area contributed by atoms with Crippen molar-refractivity contribution in [2.45, 2.75) is 12.7 Å². The van der Waals surface area contributed by atoms with Gasteiger partial charge in [0.1, 0.15) is 11.5 Å². The fourth-order valence-electron chi connectivity index (χ4n) is 1.95. The Kier molecular flexibility index (Phi) is 4.80. The van der Waals surface area contributed by atoms with E-state index in [0.717, 1.165) is 23.4 Å². The SMILES string of the molecule is COc1ccc(NCc2ccc(C(F)(F)F)cc2)c(OC)c1. The highest BCUT2D eigenvalue weighted by molar-refractivity contribution is 5.59. The fourth-order valence-corrected chi connectivity index (χ4v) is 1.95. The molecule has 0 saturated carbocycles. The molecule has 0 heterocycles. The van der Waals surface area contributed by atoms with Crippen LogP contribution in [0.4, 0.5) is 18.9 Å². The predicted molar refractivity (Wildman–Crippen MR) is 78.3 cm³/mol. The van der Waals surface area contributed by atoms with Gasteiger partial charge in [-0.1, -0.05) is 12.1 Å². The summed E-state index contributed by atoms with van der Waals surface area (Å²) in [7, 11) is 3.10. The molecule has 118 valence electrons. The number of methoxy groups -OCH3 is 2. The van der Waals surface area contributed by atoms with Crippen molar-refractivity contribution in [2.24, 2.45) is 0 Å². The first-order valence-corrected chi connectivity index (χ1v) is 6.56. The molecule has 0 aliphatic rings. The number of benzene rings is 2. The van der Waals surface area contributed by atoms with Gasteiger partial charge < -0.3 is 14.8 Å². The van der Waals surface area contributed by atoms with E-state index in [-0.39, 0.29) is 0 Å². The van der Waals surface area contributed by atoms with E-state index in [1.165, 1.54) is 19.2 Å². The third kappa shape index (κ3) is 3.84. The molecule has 2 rings (SSSR count). The average molecular weight is 311 g/mol. The van der Waals surface area contributed by atoms with Crippen LogP contribution in [0.25, 0.3) is 0 Å². The number of hydrogen-bond acceptors (Lipinski definition) is 3. The van der Waals surface area contributed by atoms with E-state index in [9.17, 15) is 13.2 Å². The summed E-state index contributed by atoms with van der Waals surface area (Å²) in [4.78, 5) is 0. The molecule has 0 aliphatic heterocycles. The summed E-state index contributed by atoms with van der Waals surface area (Å²) in [5.74, 6) is 1.27. The maximum absolute atomic E-state index is 12.5. The number of halogens is 3. The zero-order chi connectivity index (χ0) is 16.2. The largest absolute Gasteiger partial charge is 0.497 e. The maximum atomic E-state index is 12.5. The first-order valence-electron chi connectivity index (χ1n) is 6.56. The Hall–Kier alpha value is -2.37. The van der Waals surface area contributed by atoms with Crippen LogP contribution in [0.15, 0.2) is 42.5 Å². The Morgan fingerprint density at radius 1 is 0.955 bits per heavy atom. The van der Waals surface area contributed by atoms with Gasteiger partial charge in [-0.3, -0.25) is 0 Å². The van der Waals surface area contributed by atoms with E-state index in [4.69, 9.17) is 9.47 Å². The summed E-state index contributed by atoms with van der Waals surface area (Å²) in [5, 5.41) is 3.13. The van der Waals surface area contributed by atoms with Gasteiger partial charge >= 0.3 is 6.18 Å². The van der Waals surface area contributed by atoms with Gasteiger partial charge in [0.15, 0.2) is 0 Å². The van der Waals surface area contributed by atoms with Gasteiger partial charge in [-0.15, -0.1) is 0 Å². The van der Waals surface area contributed by atoms with Gasteiger partial charge in [0, 0.05) is 12.6 Å². The Balaban J connectivity index is 2.07. The van der Waals surface area contributed by atoms with E-state index in [1.54, 1.807) is 25.3 Å². The molecule has 0 aliphatic carbocycles. The number of rotatable bonds is 5. The molecule has 2 aromatic rings. The zero-order valence-electron chi connectivity index (χ0n) is 12.2. The van der Waals surface area contributed by atoms with E-state index in [1.807, 2.05) is 0 Å². The topological polar surface area (TPSA) is 30.5 Å². The minimum Gasteiger partial charge on any atom is -0.497 e. The highest BCUT2D eigenvalue weighted by Gasteiger charge is 2.29. The van der Waals surface area contributed by atoms with Crippen molar-refractivity contribution in [3.63, 3.8) is 0 Å². The molecule has 0 unspecified atom stereocenters. The quantitative estimate of drug-likeness (QED) is 0.891. The maximum Gasteiger partial charge on any atom is 0.416 e. The molecule has 0 atom stereocenters. The lowest BCUT2D eigenvalue weighted by Gasteiger charge is -2.13. The fraction of sp³-hybridized carbons (Fsp3) is 0.250. The van der Waals surface area contributed by atoms with Crippen LogP contribution in [0.3, 0.4) is 0 Å². The summed E-state index contributed by atoms with van der Waals surface area (Å²) in [6.07, 6.45) is -4.31. The second-order valence-corrected chi connectivity index (χ2v) is 4.61. The molecule has 22 heavy (non-hydrogen) atoms. The monoisotopic (exact) mass is 311 g/mol. The Morgan fingerprint density at radius 2 is 1.64 bits per heavy atom. The van der Waals surface area contributed by atoms with Crippen molar-refractivity contribution in [2.75, 3.05) is 19.5 Å². The van der Waals surface area contributed by atoms with Crippen molar-refractivity contribution in [3.05, 3.63) is 53.6 Å². The molecule has 6 heteroatoms. The van der Waals surface area contributed by atoms with Gasteiger partial charge in [-0.05, 0) is 29.8 Å². The van der Waals surface area contributed by atoms with E-state index >= 15 is 0 Å². The predicted octanol–water partition coefficient (Wildman–Crippen LogP) is 4.33. The Morgan fingerprint density at radius 3 is 2.18 bits per heavy atom. The molecule has 0 spiro atoms. The van der Waals surface area contributed by atoms with Crippen LogP contribution in [0.1, 0.15) is 11.1 Å². The van der Waals surface area contributed by atoms with E-state index in [2.05, 4.69) is 5.32 Å². The van der Waals surface area contributed by atoms with Crippen molar-refractivity contribution < 1.29 is 22.6 Å². The van der Waals surface area contributed by atoms with Crippen molar-refractivity contribution in [3.8, 4) is 11.5 Å². The van der Waals surface area contributed by atoms with Crippen LogP contribution in [-0.4, -0.2) is 14.2 Å². The van der Waals surface area contributed by atoms with Crippen LogP contribution in [-0.2, 0) is 12.7 Å². The van der Waals surface area contributed by atoms with Crippen LogP contribution in [0, 0.1) is 0 Å². The molecule has 2 aromatic carbocycles. The van der Waals surface area contributed by atoms with E-state index in [0.29, 0.717) is 18.0 Å². The summed E-state index contributed by atoms with van der Waals surface area (Å²) in [6.45, 7) is 0.390. The molecule has 0 aromatic heterocycles. The van der Waals surface area contributed by atoms with Gasteiger partial charge in [-0.25, -0.2) is 0 Å². The molecule has 3 nitrogen and oxygen atoms in total. The van der Waals surface area contributed by atoms with Gasteiger partial charge in [0.2, 0.25) is 0 Å². The van der Waals surface area contributed by atoms with Crippen LogP contribution >= 0.6 is 0 Å². The summed E-state index contributed by atoms with van der Waals surface area (Å²) in [5.41, 5.74) is 0.826. The Bertz CT molecular complexity index is 624. The number of ether oxygens (including phenoxy) is 2. The van der Waals surface area contributed by atoms with Gasteiger partial charge in [-0.2, -0.15) is 13.2 Å². The molecular formula is C16H16F3NO2. The third-order valence-electron chi connectivity index (χ3n) is 3.17.